The maximum atomic E-state index is 5.80. The van der Waals surface area contributed by atoms with Crippen LogP contribution in [0, 0.1) is 0 Å². The lowest BCUT2D eigenvalue weighted by atomic mass is 10.1. The minimum Gasteiger partial charge on any atom is -0.341 e. The van der Waals surface area contributed by atoms with Crippen molar-refractivity contribution in [1.29, 1.82) is 0 Å². The summed E-state index contributed by atoms with van der Waals surface area (Å²) in [7, 11) is 0. The molecule has 4 rings (SSSR count). The molecule has 0 saturated heterocycles. The molecule has 1 aromatic carbocycles. The van der Waals surface area contributed by atoms with Gasteiger partial charge in [-0.1, -0.05) is 18.2 Å². The number of hydrogen-bond donors (Lipinski definition) is 1. The largest absolute Gasteiger partial charge is 0.341 e. The molecule has 0 spiro atoms. The van der Waals surface area contributed by atoms with E-state index in [1.165, 1.54) is 16.5 Å². The Bertz CT molecular complexity index is 884. The molecule has 2 N–H and O–H groups in total. The van der Waals surface area contributed by atoms with Gasteiger partial charge in [-0.25, -0.2) is 4.98 Å². The Kier molecular flexibility index (Phi) is 2.75. The number of aromatic nitrogens is 3. The Morgan fingerprint density at radius 1 is 1.00 bits per heavy atom. The van der Waals surface area contributed by atoms with Crippen molar-refractivity contribution in [1.82, 2.24) is 14.0 Å². The Balaban J connectivity index is 1.77. The van der Waals surface area contributed by atoms with Gasteiger partial charge in [-0.2, -0.15) is 0 Å². The van der Waals surface area contributed by atoms with Gasteiger partial charge in [0.15, 0.2) is 0 Å². The zero-order valence-corrected chi connectivity index (χ0v) is 11.6. The van der Waals surface area contributed by atoms with Crippen LogP contribution >= 0.6 is 0 Å². The molecule has 0 radical (unpaired) electrons. The van der Waals surface area contributed by atoms with Crippen molar-refractivity contribution in [3.05, 3.63) is 72.3 Å². The second-order valence-electron chi connectivity index (χ2n) is 5.20. The van der Waals surface area contributed by atoms with E-state index in [2.05, 4.69) is 46.2 Å². The van der Waals surface area contributed by atoms with Crippen LogP contribution in [0.3, 0.4) is 0 Å². The maximum Gasteiger partial charge on any atom is 0.137 e. The maximum absolute atomic E-state index is 5.80. The number of benzene rings is 1. The molecule has 0 fully saturated rings. The summed E-state index contributed by atoms with van der Waals surface area (Å²) in [6, 6.07) is 14.4. The molecule has 4 aromatic rings. The molecule has 0 atom stereocenters. The van der Waals surface area contributed by atoms with Crippen molar-refractivity contribution in [2.45, 2.75) is 13.1 Å². The summed E-state index contributed by atoms with van der Waals surface area (Å²) < 4.78 is 4.27. The molecule has 0 aliphatic carbocycles. The van der Waals surface area contributed by atoms with E-state index in [0.29, 0.717) is 6.54 Å². The molecule has 4 heteroatoms. The van der Waals surface area contributed by atoms with Gasteiger partial charge in [0.1, 0.15) is 5.65 Å². The van der Waals surface area contributed by atoms with Gasteiger partial charge in [0.05, 0.1) is 12.2 Å². The topological polar surface area (TPSA) is 48.2 Å². The number of fused-ring (bicyclic) bond motifs is 2. The molecule has 21 heavy (non-hydrogen) atoms. The molecular formula is C17H16N4. The van der Waals surface area contributed by atoms with Gasteiger partial charge in [0, 0.05) is 36.0 Å². The van der Waals surface area contributed by atoms with Crippen molar-refractivity contribution in [2.24, 2.45) is 5.73 Å². The molecule has 0 unspecified atom stereocenters. The Morgan fingerprint density at radius 3 is 2.81 bits per heavy atom. The molecule has 0 amide bonds. The number of hydrogen-bond acceptors (Lipinski definition) is 2. The SMILES string of the molecule is NCc1cccc2c1ccn2Cc1cn2ccccc2n1. The third-order valence-corrected chi connectivity index (χ3v) is 3.87. The summed E-state index contributed by atoms with van der Waals surface area (Å²) in [6.07, 6.45) is 6.20. The van der Waals surface area contributed by atoms with Crippen LogP contribution < -0.4 is 5.73 Å². The highest BCUT2D eigenvalue weighted by atomic mass is 15.0. The summed E-state index contributed by atoms with van der Waals surface area (Å²) in [6.45, 7) is 1.33. The van der Waals surface area contributed by atoms with Gasteiger partial charge in [-0.15, -0.1) is 0 Å². The number of imidazole rings is 1. The van der Waals surface area contributed by atoms with Crippen LogP contribution in [0.2, 0.25) is 0 Å². The molecule has 0 bridgehead atoms. The van der Waals surface area contributed by atoms with Crippen LogP contribution in [-0.4, -0.2) is 14.0 Å². The Morgan fingerprint density at radius 2 is 1.95 bits per heavy atom. The van der Waals surface area contributed by atoms with Gasteiger partial charge >= 0.3 is 0 Å². The molecule has 0 aliphatic heterocycles. The van der Waals surface area contributed by atoms with E-state index in [4.69, 9.17) is 5.73 Å². The predicted molar refractivity (Wildman–Crippen MR) is 84.1 cm³/mol. The van der Waals surface area contributed by atoms with E-state index in [1.807, 2.05) is 28.8 Å². The van der Waals surface area contributed by atoms with E-state index in [1.54, 1.807) is 0 Å². The Labute approximate surface area is 122 Å². The fraction of sp³-hybridized carbons (Fsp3) is 0.118. The normalized spacial score (nSPS) is 11.5. The molecule has 0 saturated carbocycles. The van der Waals surface area contributed by atoms with E-state index in [9.17, 15) is 0 Å². The summed E-state index contributed by atoms with van der Waals surface area (Å²) in [5.74, 6) is 0. The fourth-order valence-corrected chi connectivity index (χ4v) is 2.84. The second kappa shape index (κ2) is 4.75. The lowest BCUT2D eigenvalue weighted by Crippen LogP contribution is -1.99. The van der Waals surface area contributed by atoms with Crippen LogP contribution in [-0.2, 0) is 13.1 Å². The lowest BCUT2D eigenvalue weighted by Gasteiger charge is -2.04. The molecular weight excluding hydrogens is 260 g/mol. The lowest BCUT2D eigenvalue weighted by molar-refractivity contribution is 0.815. The van der Waals surface area contributed by atoms with Crippen molar-refractivity contribution in [2.75, 3.05) is 0 Å². The molecule has 104 valence electrons. The van der Waals surface area contributed by atoms with Crippen LogP contribution in [0.15, 0.2) is 61.1 Å². The van der Waals surface area contributed by atoms with E-state index < -0.39 is 0 Å². The minimum absolute atomic E-state index is 0.565. The molecule has 4 nitrogen and oxygen atoms in total. The van der Waals surface area contributed by atoms with E-state index >= 15 is 0 Å². The van der Waals surface area contributed by atoms with Crippen molar-refractivity contribution in [3.8, 4) is 0 Å². The third kappa shape index (κ3) is 2.00. The van der Waals surface area contributed by atoms with Crippen LogP contribution in [0.25, 0.3) is 16.6 Å². The monoisotopic (exact) mass is 276 g/mol. The third-order valence-electron chi connectivity index (χ3n) is 3.87. The first kappa shape index (κ1) is 12.2. The molecule has 0 aliphatic rings. The highest BCUT2D eigenvalue weighted by molar-refractivity contribution is 5.83. The number of nitrogens with zero attached hydrogens (tertiary/aromatic N) is 3. The number of nitrogens with two attached hydrogens (primary N) is 1. The summed E-state index contributed by atoms with van der Waals surface area (Å²) >= 11 is 0. The van der Waals surface area contributed by atoms with Crippen molar-refractivity contribution < 1.29 is 0 Å². The standard InChI is InChI=1S/C17H16N4/c18-10-13-4-3-5-16-15(13)7-9-20(16)11-14-12-21-8-2-1-6-17(21)19-14/h1-9,12H,10-11,18H2. The zero-order valence-electron chi connectivity index (χ0n) is 11.6. The smallest absolute Gasteiger partial charge is 0.137 e. The molecule has 3 heterocycles. The molecule has 3 aromatic heterocycles. The fourth-order valence-electron chi connectivity index (χ4n) is 2.84. The highest BCUT2D eigenvalue weighted by Gasteiger charge is 2.07. The minimum atomic E-state index is 0.565. The predicted octanol–water partition coefficient (Wildman–Crippen LogP) is 2.80. The quantitative estimate of drug-likeness (QED) is 0.625. The first-order valence-electron chi connectivity index (χ1n) is 7.04. The summed E-state index contributed by atoms with van der Waals surface area (Å²) in [5, 5.41) is 1.23. The van der Waals surface area contributed by atoms with Gasteiger partial charge in [-0.05, 0) is 29.8 Å². The average Bonchev–Trinajstić information content (AvgIpc) is 3.11. The van der Waals surface area contributed by atoms with Crippen molar-refractivity contribution >= 4 is 16.6 Å². The first-order chi connectivity index (χ1) is 10.3. The van der Waals surface area contributed by atoms with Crippen LogP contribution in [0.5, 0.6) is 0 Å². The summed E-state index contributed by atoms with van der Waals surface area (Å²) in [4.78, 5) is 4.65. The summed E-state index contributed by atoms with van der Waals surface area (Å²) in [5.41, 5.74) is 10.2. The van der Waals surface area contributed by atoms with Gasteiger partial charge in [-0.3, -0.25) is 0 Å². The number of rotatable bonds is 3. The van der Waals surface area contributed by atoms with Gasteiger partial charge < -0.3 is 14.7 Å². The van der Waals surface area contributed by atoms with Gasteiger partial charge in [0.25, 0.3) is 0 Å². The first-order valence-corrected chi connectivity index (χ1v) is 7.04. The van der Waals surface area contributed by atoms with Crippen molar-refractivity contribution in [3.63, 3.8) is 0 Å². The Hall–Kier alpha value is -2.59. The average molecular weight is 276 g/mol. The van der Waals surface area contributed by atoms with E-state index in [0.717, 1.165) is 17.9 Å². The second-order valence-corrected chi connectivity index (χ2v) is 5.20. The van der Waals surface area contributed by atoms with E-state index in [-0.39, 0.29) is 0 Å². The van der Waals surface area contributed by atoms with Crippen LogP contribution in [0.4, 0.5) is 0 Å². The number of pyridine rings is 1. The zero-order chi connectivity index (χ0) is 14.2. The highest BCUT2D eigenvalue weighted by Crippen LogP contribution is 2.21. The van der Waals surface area contributed by atoms with Crippen LogP contribution in [0.1, 0.15) is 11.3 Å². The van der Waals surface area contributed by atoms with Gasteiger partial charge in [0.2, 0.25) is 0 Å².